The molecule has 0 fully saturated rings. The zero-order valence-corrected chi connectivity index (χ0v) is 21.8. The van der Waals surface area contributed by atoms with Crippen molar-refractivity contribution >= 4 is 29.4 Å². The smallest absolute Gasteiger partial charge is 0.494 e. The summed E-state index contributed by atoms with van der Waals surface area (Å²) in [6.07, 6.45) is 1.37. The molecule has 0 spiro atoms. The predicted octanol–water partition coefficient (Wildman–Crippen LogP) is 0.556. The first-order valence-corrected chi connectivity index (χ1v) is 12.0. The van der Waals surface area contributed by atoms with Crippen LogP contribution in [0.5, 0.6) is 5.75 Å². The first-order chi connectivity index (χ1) is 14.5. The van der Waals surface area contributed by atoms with E-state index in [0.717, 1.165) is 12.1 Å². The molecular formula is C18H19ClFN3NaO6PS. The van der Waals surface area contributed by atoms with Crippen molar-refractivity contribution in [2.75, 3.05) is 7.11 Å². The molecule has 3 N–H and O–H groups in total. The van der Waals surface area contributed by atoms with Crippen molar-refractivity contribution in [3.63, 3.8) is 0 Å². The number of nitrogens with one attached hydrogen (secondary N) is 1. The number of aromatic nitrogens is 2. The largest absolute Gasteiger partial charge is 1.00 e. The molecule has 3 rings (SSSR count). The third kappa shape index (κ3) is 6.86. The summed E-state index contributed by atoms with van der Waals surface area (Å²) >= 11 is 6.15. The standard InChI is InChI=1S/C16H14ClFN3O6PS.C2H5.Na/c1-27-14-7-2-10(8-13(14)18)15-16(17)19-9-21(15)11-3-5-12(6-4-11)29(25,26)20-28(22,23)24;1-2;/h2-9H,1H3,(H3,20,22,23,24);1H2,2H3;/q;-1;+1. The Balaban J connectivity index is 0.00000166. The average Bonchev–Trinajstić information content (AvgIpc) is 3.09. The minimum absolute atomic E-state index is 0. The van der Waals surface area contributed by atoms with Gasteiger partial charge in [0.2, 0.25) is 10.0 Å². The van der Waals surface area contributed by atoms with E-state index in [-0.39, 0.29) is 45.4 Å². The van der Waals surface area contributed by atoms with Crippen LogP contribution in [0.1, 0.15) is 6.92 Å². The molecule has 1 aromatic heterocycles. The number of sulfonamides is 1. The van der Waals surface area contributed by atoms with Crippen LogP contribution in [0.4, 0.5) is 4.39 Å². The Morgan fingerprint density at radius 3 is 2.28 bits per heavy atom. The summed E-state index contributed by atoms with van der Waals surface area (Å²) in [6, 6.07) is 9.32. The second-order valence-electron chi connectivity index (χ2n) is 5.74. The summed E-state index contributed by atoms with van der Waals surface area (Å²) < 4.78 is 56.7. The van der Waals surface area contributed by atoms with Gasteiger partial charge in [-0.3, -0.25) is 4.57 Å². The molecule has 14 heteroatoms. The van der Waals surface area contributed by atoms with Crippen molar-refractivity contribution in [3.8, 4) is 22.7 Å². The number of hydrogen-bond donors (Lipinski definition) is 3. The van der Waals surface area contributed by atoms with E-state index in [1.165, 1.54) is 46.8 Å². The van der Waals surface area contributed by atoms with Crippen molar-refractivity contribution in [3.05, 3.63) is 66.7 Å². The van der Waals surface area contributed by atoms with Crippen LogP contribution in [-0.4, -0.2) is 34.9 Å². The predicted molar refractivity (Wildman–Crippen MR) is 114 cm³/mol. The molecule has 0 saturated heterocycles. The number of ether oxygens (including phenoxy) is 1. The Morgan fingerprint density at radius 1 is 1.19 bits per heavy atom. The van der Waals surface area contributed by atoms with Crippen LogP contribution >= 0.6 is 19.3 Å². The van der Waals surface area contributed by atoms with Gasteiger partial charge in [-0.05, 0) is 42.5 Å². The van der Waals surface area contributed by atoms with Crippen LogP contribution in [0.3, 0.4) is 0 Å². The third-order valence-corrected chi connectivity index (χ3v) is 6.89. The zero-order chi connectivity index (χ0) is 23.4. The van der Waals surface area contributed by atoms with E-state index in [2.05, 4.69) is 11.9 Å². The molecule has 0 aliphatic carbocycles. The Morgan fingerprint density at radius 2 is 1.78 bits per heavy atom. The van der Waals surface area contributed by atoms with Crippen molar-refractivity contribution < 1.29 is 61.5 Å². The molecule has 0 bridgehead atoms. The van der Waals surface area contributed by atoms with E-state index in [9.17, 15) is 17.4 Å². The molecule has 0 atom stereocenters. The Kier molecular flexibility index (Phi) is 10.5. The minimum Gasteiger partial charge on any atom is -0.494 e. The molecule has 32 heavy (non-hydrogen) atoms. The first-order valence-electron chi connectivity index (χ1n) is 8.49. The van der Waals surface area contributed by atoms with Gasteiger partial charge in [0.05, 0.1) is 17.7 Å². The van der Waals surface area contributed by atoms with Gasteiger partial charge in [0.25, 0.3) is 0 Å². The summed E-state index contributed by atoms with van der Waals surface area (Å²) in [6.45, 7) is 5.00. The fourth-order valence-corrected chi connectivity index (χ4v) is 5.00. The minimum atomic E-state index is -5.00. The fraction of sp³-hybridized carbons (Fsp3) is 0.111. The van der Waals surface area contributed by atoms with Crippen LogP contribution in [0, 0.1) is 12.7 Å². The molecule has 0 aliphatic rings. The van der Waals surface area contributed by atoms with Gasteiger partial charge in [-0.1, -0.05) is 11.6 Å². The molecule has 0 radical (unpaired) electrons. The molecular weight excluding hydrogens is 495 g/mol. The molecule has 2 aromatic carbocycles. The normalized spacial score (nSPS) is 11.2. The van der Waals surface area contributed by atoms with E-state index >= 15 is 0 Å². The first kappa shape index (κ1) is 28.8. The van der Waals surface area contributed by atoms with Crippen molar-refractivity contribution in [2.45, 2.75) is 11.8 Å². The summed E-state index contributed by atoms with van der Waals surface area (Å²) in [7, 11) is -8.07. The Hall–Kier alpha value is -1.27. The monoisotopic (exact) mass is 513 g/mol. The van der Waals surface area contributed by atoms with Crippen LogP contribution in [0.15, 0.2) is 53.7 Å². The van der Waals surface area contributed by atoms with Gasteiger partial charge >= 0.3 is 37.3 Å². The molecule has 3 aromatic rings. The summed E-state index contributed by atoms with van der Waals surface area (Å²) in [5.74, 6) is -0.540. The van der Waals surface area contributed by atoms with E-state index in [0.29, 0.717) is 16.9 Å². The van der Waals surface area contributed by atoms with E-state index in [1.54, 1.807) is 13.0 Å². The van der Waals surface area contributed by atoms with Gasteiger partial charge in [0.15, 0.2) is 16.7 Å². The van der Waals surface area contributed by atoms with Gasteiger partial charge in [0.1, 0.15) is 6.33 Å². The maximum atomic E-state index is 14.1. The number of hydrogen-bond acceptors (Lipinski definition) is 5. The van der Waals surface area contributed by atoms with Crippen molar-refractivity contribution in [2.24, 2.45) is 0 Å². The van der Waals surface area contributed by atoms with Crippen LogP contribution < -0.4 is 38.8 Å². The average molecular weight is 514 g/mol. The topological polar surface area (TPSA) is 131 Å². The number of rotatable bonds is 6. The van der Waals surface area contributed by atoms with Crippen molar-refractivity contribution in [1.29, 1.82) is 0 Å². The van der Waals surface area contributed by atoms with E-state index in [1.807, 2.05) is 0 Å². The SMILES string of the molecule is COc1ccc(-c2c(Cl)ncn2-c2ccc(S(=O)(=O)NP(=O)(O)O)cc2)cc1F.[CH2-]C.[Na+]. The number of nitrogens with zero attached hydrogens (tertiary/aromatic N) is 2. The Labute approximate surface area is 212 Å². The van der Waals surface area contributed by atoms with Gasteiger partial charge in [-0.15, -0.1) is 4.49 Å². The molecule has 0 unspecified atom stereocenters. The number of imidazole rings is 1. The molecule has 0 amide bonds. The van der Waals surface area contributed by atoms with Gasteiger partial charge in [-0.25, -0.2) is 22.4 Å². The van der Waals surface area contributed by atoms with Crippen LogP contribution in [-0.2, 0) is 14.6 Å². The summed E-state index contributed by atoms with van der Waals surface area (Å²) in [4.78, 5) is 21.3. The van der Waals surface area contributed by atoms with Gasteiger partial charge in [-0.2, -0.15) is 6.92 Å². The molecule has 0 saturated carbocycles. The molecule has 1 heterocycles. The maximum absolute atomic E-state index is 14.1. The summed E-state index contributed by atoms with van der Waals surface area (Å²) in [5.41, 5.74) is 1.20. The van der Waals surface area contributed by atoms with Gasteiger partial charge in [0, 0.05) is 11.3 Å². The molecule has 9 nitrogen and oxygen atoms in total. The quantitative estimate of drug-likeness (QED) is 0.249. The number of benzene rings is 2. The Bertz CT molecular complexity index is 1220. The van der Waals surface area contributed by atoms with Crippen molar-refractivity contribution in [1.82, 2.24) is 14.0 Å². The summed E-state index contributed by atoms with van der Waals surface area (Å²) in [5, 5.41) is 0.0921. The zero-order valence-electron chi connectivity index (χ0n) is 17.4. The second-order valence-corrected chi connectivity index (χ2v) is 9.39. The third-order valence-electron chi connectivity index (χ3n) is 3.81. The molecule has 0 aliphatic heterocycles. The van der Waals surface area contributed by atoms with Gasteiger partial charge < -0.3 is 21.4 Å². The van der Waals surface area contributed by atoms with E-state index in [4.69, 9.17) is 26.1 Å². The van der Waals surface area contributed by atoms with Crippen LogP contribution in [0.2, 0.25) is 5.15 Å². The number of halogens is 2. The molecule has 168 valence electrons. The number of methoxy groups -OCH3 is 1. The second kappa shape index (κ2) is 11.7. The maximum Gasteiger partial charge on any atom is 1.00 e. The van der Waals surface area contributed by atoms with E-state index < -0.39 is 23.6 Å². The fourth-order valence-electron chi connectivity index (χ4n) is 2.59. The van der Waals surface area contributed by atoms with Crippen LogP contribution in [0.25, 0.3) is 16.9 Å².